The SMILES string of the molecule is COc1ccc(/C=C/C(N)=O)cc1Cn1cc(Br)cn1. The minimum Gasteiger partial charge on any atom is -0.496 e. The van der Waals surface area contributed by atoms with Crippen molar-refractivity contribution >= 4 is 27.9 Å². The van der Waals surface area contributed by atoms with Crippen LogP contribution in [0.4, 0.5) is 0 Å². The van der Waals surface area contributed by atoms with Gasteiger partial charge in [0.25, 0.3) is 0 Å². The molecule has 0 bridgehead atoms. The van der Waals surface area contributed by atoms with Gasteiger partial charge in [-0.15, -0.1) is 0 Å². The molecule has 5 nitrogen and oxygen atoms in total. The molecule has 6 heteroatoms. The van der Waals surface area contributed by atoms with Crippen LogP contribution in [-0.4, -0.2) is 22.8 Å². The molecule has 0 saturated heterocycles. The number of hydrogen-bond donors (Lipinski definition) is 1. The third-order valence-electron chi connectivity index (χ3n) is 2.68. The van der Waals surface area contributed by atoms with Crippen molar-refractivity contribution in [2.75, 3.05) is 7.11 Å². The van der Waals surface area contributed by atoms with Crippen LogP contribution in [0.1, 0.15) is 11.1 Å². The number of primary amides is 1. The molecular formula is C14H14BrN3O2. The van der Waals surface area contributed by atoms with E-state index in [1.807, 2.05) is 24.4 Å². The fourth-order valence-electron chi connectivity index (χ4n) is 1.80. The fraction of sp³-hybridized carbons (Fsp3) is 0.143. The third kappa shape index (κ3) is 3.71. The Balaban J connectivity index is 2.29. The molecule has 2 N–H and O–H groups in total. The molecule has 0 atom stereocenters. The molecule has 0 aliphatic heterocycles. The minimum atomic E-state index is -0.474. The van der Waals surface area contributed by atoms with E-state index in [1.165, 1.54) is 6.08 Å². The normalized spacial score (nSPS) is 10.9. The Morgan fingerprint density at radius 2 is 2.35 bits per heavy atom. The van der Waals surface area contributed by atoms with Gasteiger partial charge >= 0.3 is 0 Å². The summed E-state index contributed by atoms with van der Waals surface area (Å²) in [7, 11) is 1.62. The van der Waals surface area contributed by atoms with Gasteiger partial charge in [0.1, 0.15) is 5.75 Å². The summed E-state index contributed by atoms with van der Waals surface area (Å²) in [4.78, 5) is 10.8. The van der Waals surface area contributed by atoms with Gasteiger partial charge in [0, 0.05) is 17.8 Å². The van der Waals surface area contributed by atoms with Crippen LogP contribution >= 0.6 is 15.9 Å². The Labute approximate surface area is 125 Å². The molecule has 104 valence electrons. The number of methoxy groups -OCH3 is 1. The van der Waals surface area contributed by atoms with Crippen LogP contribution in [0.2, 0.25) is 0 Å². The lowest BCUT2D eigenvalue weighted by atomic mass is 10.1. The van der Waals surface area contributed by atoms with Crippen molar-refractivity contribution in [3.63, 3.8) is 0 Å². The predicted octanol–water partition coefficient (Wildman–Crippen LogP) is 2.20. The Kier molecular flexibility index (Phi) is 4.57. The Bertz CT molecular complexity index is 650. The number of carbonyl (C=O) groups is 1. The zero-order chi connectivity index (χ0) is 14.5. The second kappa shape index (κ2) is 6.38. The summed E-state index contributed by atoms with van der Waals surface area (Å²) in [5.41, 5.74) is 6.94. The van der Waals surface area contributed by atoms with E-state index in [9.17, 15) is 4.79 Å². The second-order valence-corrected chi connectivity index (χ2v) is 5.08. The zero-order valence-corrected chi connectivity index (χ0v) is 12.5. The Hall–Kier alpha value is -2.08. The minimum absolute atomic E-state index is 0.474. The van der Waals surface area contributed by atoms with Crippen LogP contribution in [0.25, 0.3) is 6.08 Å². The number of amides is 1. The van der Waals surface area contributed by atoms with Gasteiger partial charge in [0.05, 0.1) is 24.3 Å². The number of carbonyl (C=O) groups excluding carboxylic acids is 1. The maximum absolute atomic E-state index is 10.8. The van der Waals surface area contributed by atoms with E-state index < -0.39 is 5.91 Å². The highest BCUT2D eigenvalue weighted by Gasteiger charge is 2.05. The number of benzene rings is 1. The molecule has 20 heavy (non-hydrogen) atoms. The first-order valence-electron chi connectivity index (χ1n) is 5.91. The number of aromatic nitrogens is 2. The molecule has 2 rings (SSSR count). The third-order valence-corrected chi connectivity index (χ3v) is 3.09. The summed E-state index contributed by atoms with van der Waals surface area (Å²) >= 11 is 3.36. The average molecular weight is 336 g/mol. The van der Waals surface area contributed by atoms with Crippen molar-refractivity contribution in [3.8, 4) is 5.75 Å². The van der Waals surface area contributed by atoms with Gasteiger partial charge in [0.2, 0.25) is 5.91 Å². The molecule has 0 aliphatic rings. The molecule has 1 heterocycles. The standard InChI is InChI=1S/C14H14BrN3O2/c1-20-13-4-2-10(3-5-14(16)19)6-11(13)8-18-9-12(15)7-17-18/h2-7,9H,8H2,1H3,(H2,16,19)/b5-3+. The summed E-state index contributed by atoms with van der Waals surface area (Å²) < 4.78 is 8.05. The van der Waals surface area contributed by atoms with Crippen LogP contribution in [0.15, 0.2) is 41.1 Å². The first kappa shape index (κ1) is 14.3. The lowest BCUT2D eigenvalue weighted by molar-refractivity contribution is -0.113. The molecule has 1 aromatic carbocycles. The van der Waals surface area contributed by atoms with Crippen molar-refractivity contribution < 1.29 is 9.53 Å². The van der Waals surface area contributed by atoms with Crippen LogP contribution in [0.5, 0.6) is 5.75 Å². The summed E-state index contributed by atoms with van der Waals surface area (Å²) in [6, 6.07) is 5.66. The van der Waals surface area contributed by atoms with E-state index in [-0.39, 0.29) is 0 Å². The number of ether oxygens (including phenoxy) is 1. The zero-order valence-electron chi connectivity index (χ0n) is 10.9. The topological polar surface area (TPSA) is 70.1 Å². The Morgan fingerprint density at radius 3 is 2.95 bits per heavy atom. The van der Waals surface area contributed by atoms with Gasteiger partial charge in [-0.2, -0.15) is 5.10 Å². The van der Waals surface area contributed by atoms with E-state index in [1.54, 1.807) is 24.1 Å². The monoisotopic (exact) mass is 335 g/mol. The van der Waals surface area contributed by atoms with Crippen LogP contribution in [0, 0.1) is 0 Å². The maximum Gasteiger partial charge on any atom is 0.241 e. The summed E-state index contributed by atoms with van der Waals surface area (Å²) in [5.74, 6) is 0.297. The van der Waals surface area contributed by atoms with Gasteiger partial charge in [-0.1, -0.05) is 6.07 Å². The lowest BCUT2D eigenvalue weighted by Crippen LogP contribution is -2.05. The highest BCUT2D eigenvalue weighted by atomic mass is 79.9. The average Bonchev–Trinajstić information content (AvgIpc) is 2.82. The first-order chi connectivity index (χ1) is 9.58. The van der Waals surface area contributed by atoms with Crippen molar-refractivity contribution in [2.45, 2.75) is 6.54 Å². The van der Waals surface area contributed by atoms with Gasteiger partial charge in [0.15, 0.2) is 0 Å². The first-order valence-corrected chi connectivity index (χ1v) is 6.70. The van der Waals surface area contributed by atoms with E-state index in [0.717, 1.165) is 21.3 Å². The Morgan fingerprint density at radius 1 is 1.55 bits per heavy atom. The molecule has 0 spiro atoms. The van der Waals surface area contributed by atoms with Gasteiger partial charge in [-0.25, -0.2) is 0 Å². The van der Waals surface area contributed by atoms with E-state index in [4.69, 9.17) is 10.5 Å². The van der Waals surface area contributed by atoms with Crippen LogP contribution in [-0.2, 0) is 11.3 Å². The number of rotatable bonds is 5. The highest BCUT2D eigenvalue weighted by molar-refractivity contribution is 9.10. The number of nitrogens with two attached hydrogens (primary N) is 1. The van der Waals surface area contributed by atoms with Gasteiger partial charge in [-0.05, 0) is 39.7 Å². The number of halogens is 1. The van der Waals surface area contributed by atoms with Crippen LogP contribution in [0.3, 0.4) is 0 Å². The molecule has 1 aromatic heterocycles. The number of hydrogen-bond acceptors (Lipinski definition) is 3. The van der Waals surface area contributed by atoms with E-state index in [0.29, 0.717) is 6.54 Å². The molecule has 0 radical (unpaired) electrons. The van der Waals surface area contributed by atoms with Crippen molar-refractivity contribution in [2.24, 2.45) is 5.73 Å². The summed E-state index contributed by atoms with van der Waals surface area (Å²) in [5, 5.41) is 4.21. The van der Waals surface area contributed by atoms with E-state index in [2.05, 4.69) is 21.0 Å². The lowest BCUT2D eigenvalue weighted by Gasteiger charge is -2.09. The van der Waals surface area contributed by atoms with Crippen molar-refractivity contribution in [3.05, 3.63) is 52.3 Å². The molecule has 0 fully saturated rings. The molecule has 2 aromatic rings. The fourth-order valence-corrected chi connectivity index (χ4v) is 2.13. The molecule has 0 unspecified atom stereocenters. The maximum atomic E-state index is 10.8. The molecular weight excluding hydrogens is 322 g/mol. The summed E-state index contributed by atoms with van der Waals surface area (Å²) in [6.07, 6.45) is 6.61. The van der Waals surface area contributed by atoms with Gasteiger partial charge < -0.3 is 10.5 Å². The van der Waals surface area contributed by atoms with Crippen molar-refractivity contribution in [1.82, 2.24) is 9.78 Å². The second-order valence-electron chi connectivity index (χ2n) is 4.16. The van der Waals surface area contributed by atoms with Crippen molar-refractivity contribution in [1.29, 1.82) is 0 Å². The highest BCUT2D eigenvalue weighted by Crippen LogP contribution is 2.22. The molecule has 0 saturated carbocycles. The number of nitrogens with zero attached hydrogens (tertiary/aromatic N) is 2. The predicted molar refractivity (Wildman–Crippen MR) is 80.3 cm³/mol. The summed E-state index contributed by atoms with van der Waals surface area (Å²) in [6.45, 7) is 0.576. The van der Waals surface area contributed by atoms with Gasteiger partial charge in [-0.3, -0.25) is 9.48 Å². The quantitative estimate of drug-likeness (QED) is 0.851. The van der Waals surface area contributed by atoms with Crippen LogP contribution < -0.4 is 10.5 Å². The largest absolute Gasteiger partial charge is 0.496 e. The van der Waals surface area contributed by atoms with E-state index >= 15 is 0 Å². The molecule has 0 aliphatic carbocycles. The molecule has 1 amide bonds. The smallest absolute Gasteiger partial charge is 0.241 e.